The number of ether oxygens (including phenoxy) is 1. The minimum Gasteiger partial charge on any atom is -0.508 e. The summed E-state index contributed by atoms with van der Waals surface area (Å²) in [6, 6.07) is 7.23. The summed E-state index contributed by atoms with van der Waals surface area (Å²) in [5, 5.41) is 17.1. The zero-order chi connectivity index (χ0) is 14.3. The van der Waals surface area contributed by atoms with Crippen molar-refractivity contribution >= 4 is 23.3 Å². The summed E-state index contributed by atoms with van der Waals surface area (Å²) in [5.74, 6) is -1.35. The molecule has 0 aliphatic rings. The average Bonchev–Trinajstić information content (AvgIpc) is 2.41. The van der Waals surface area contributed by atoms with Gasteiger partial charge in [0.05, 0.1) is 18.2 Å². The maximum atomic E-state index is 11.6. The van der Waals surface area contributed by atoms with Gasteiger partial charge in [-0.05, 0) is 26.0 Å². The second-order valence-electron chi connectivity index (χ2n) is 3.68. The summed E-state index contributed by atoms with van der Waals surface area (Å²) in [5.41, 5.74) is 1.37. The molecule has 5 nitrogen and oxygen atoms in total. The number of halogens is 1. The first-order valence-electron chi connectivity index (χ1n) is 5.72. The molecule has 0 aliphatic carbocycles. The maximum Gasteiger partial charge on any atom is 0.362 e. The summed E-state index contributed by atoms with van der Waals surface area (Å²) < 4.78 is 4.77. The molecule has 1 aromatic carbocycles. The van der Waals surface area contributed by atoms with Crippen molar-refractivity contribution in [2.24, 2.45) is 10.2 Å². The number of nitrogens with zero attached hydrogens (tertiary/aromatic N) is 2. The van der Waals surface area contributed by atoms with Gasteiger partial charge in [0.15, 0.2) is 0 Å². The van der Waals surface area contributed by atoms with Crippen molar-refractivity contribution in [3.8, 4) is 0 Å². The van der Waals surface area contributed by atoms with Gasteiger partial charge in [-0.1, -0.05) is 17.7 Å². The van der Waals surface area contributed by atoms with E-state index < -0.39 is 5.97 Å². The van der Waals surface area contributed by atoms with Crippen LogP contribution in [0.3, 0.4) is 0 Å². The van der Waals surface area contributed by atoms with Gasteiger partial charge in [-0.3, -0.25) is 0 Å². The van der Waals surface area contributed by atoms with Gasteiger partial charge in [0.1, 0.15) is 5.76 Å². The largest absolute Gasteiger partial charge is 0.508 e. The minimum absolute atomic E-state index is 0.179. The van der Waals surface area contributed by atoms with E-state index in [0.29, 0.717) is 5.69 Å². The molecule has 0 aromatic heterocycles. The third kappa shape index (κ3) is 4.71. The molecule has 0 aliphatic heterocycles. The Morgan fingerprint density at radius 3 is 2.53 bits per heavy atom. The van der Waals surface area contributed by atoms with Crippen LogP contribution >= 0.6 is 11.6 Å². The van der Waals surface area contributed by atoms with Crippen molar-refractivity contribution in [3.05, 3.63) is 41.3 Å². The van der Waals surface area contributed by atoms with E-state index in [0.717, 1.165) is 5.56 Å². The van der Waals surface area contributed by atoms with Crippen LogP contribution < -0.4 is 0 Å². The highest BCUT2D eigenvalue weighted by atomic mass is 35.5. The van der Waals surface area contributed by atoms with Crippen molar-refractivity contribution in [2.75, 3.05) is 12.5 Å². The lowest BCUT2D eigenvalue weighted by Crippen LogP contribution is -2.09. The summed E-state index contributed by atoms with van der Waals surface area (Å²) >= 11 is 5.48. The van der Waals surface area contributed by atoms with Gasteiger partial charge >= 0.3 is 5.97 Å². The Morgan fingerprint density at radius 2 is 2.00 bits per heavy atom. The van der Waals surface area contributed by atoms with Crippen molar-refractivity contribution < 1.29 is 14.6 Å². The molecule has 0 amide bonds. The first kappa shape index (κ1) is 15.2. The van der Waals surface area contributed by atoms with Gasteiger partial charge in [0.25, 0.3) is 0 Å². The van der Waals surface area contributed by atoms with Gasteiger partial charge in [0, 0.05) is 0 Å². The molecule has 0 saturated carbocycles. The Labute approximate surface area is 116 Å². The van der Waals surface area contributed by atoms with Gasteiger partial charge in [-0.15, -0.1) is 16.7 Å². The number of carbonyl (C=O) groups is 1. The van der Waals surface area contributed by atoms with Crippen molar-refractivity contribution in [3.63, 3.8) is 0 Å². The first-order valence-corrected chi connectivity index (χ1v) is 6.25. The number of hydrogen-bond donors (Lipinski definition) is 1. The number of rotatable bonds is 5. The smallest absolute Gasteiger partial charge is 0.362 e. The zero-order valence-corrected chi connectivity index (χ0v) is 11.5. The number of esters is 1. The highest BCUT2D eigenvalue weighted by molar-refractivity contribution is 6.19. The lowest BCUT2D eigenvalue weighted by molar-refractivity contribution is -0.138. The van der Waals surface area contributed by atoms with Gasteiger partial charge in [-0.25, -0.2) is 4.79 Å². The topological polar surface area (TPSA) is 71.2 Å². The molecule has 0 fully saturated rings. The van der Waals surface area contributed by atoms with Crippen LogP contribution in [0.4, 0.5) is 5.69 Å². The highest BCUT2D eigenvalue weighted by Crippen LogP contribution is 2.16. The Hall–Kier alpha value is -1.88. The fourth-order valence-electron chi connectivity index (χ4n) is 1.20. The lowest BCUT2D eigenvalue weighted by atomic mass is 10.2. The lowest BCUT2D eigenvalue weighted by Gasteiger charge is -2.03. The quantitative estimate of drug-likeness (QED) is 0.295. The number of allylic oxidation sites excluding steroid dienone is 1. The monoisotopic (exact) mass is 282 g/mol. The molecule has 0 bridgehead atoms. The molecular weight excluding hydrogens is 268 g/mol. The van der Waals surface area contributed by atoms with E-state index in [1.54, 1.807) is 19.1 Å². The van der Waals surface area contributed by atoms with E-state index in [1.165, 1.54) is 0 Å². The number of azo groups is 1. The number of hydrogen-bond acceptors (Lipinski definition) is 5. The van der Waals surface area contributed by atoms with E-state index in [-0.39, 0.29) is 23.9 Å². The molecule has 0 unspecified atom stereocenters. The summed E-state index contributed by atoms with van der Waals surface area (Å²) in [6.07, 6.45) is 0. The third-order valence-electron chi connectivity index (χ3n) is 2.17. The van der Waals surface area contributed by atoms with E-state index >= 15 is 0 Å². The molecule has 19 heavy (non-hydrogen) atoms. The van der Waals surface area contributed by atoms with Crippen LogP contribution in [-0.2, 0) is 9.53 Å². The molecule has 0 spiro atoms. The van der Waals surface area contributed by atoms with Crippen LogP contribution in [0.2, 0.25) is 0 Å². The Balaban J connectivity index is 2.95. The standard InChI is InChI=1S/C13H15ClN2O3/c1-3-19-13(18)12(11(17)8-14)16-15-10-6-4-9(2)5-7-10/h4-7,17H,3,8H2,1-2H3/b12-11+,16-15?. The molecule has 0 atom stereocenters. The van der Waals surface area contributed by atoms with E-state index in [1.807, 2.05) is 19.1 Å². The molecule has 102 valence electrons. The number of carbonyl (C=O) groups excluding carboxylic acids is 1. The summed E-state index contributed by atoms with van der Waals surface area (Å²) in [6.45, 7) is 3.78. The van der Waals surface area contributed by atoms with E-state index in [9.17, 15) is 9.90 Å². The second kappa shape index (κ2) is 7.53. The van der Waals surface area contributed by atoms with E-state index in [4.69, 9.17) is 16.3 Å². The number of aliphatic hydroxyl groups is 1. The van der Waals surface area contributed by atoms with Crippen molar-refractivity contribution in [1.82, 2.24) is 0 Å². The fraction of sp³-hybridized carbons (Fsp3) is 0.308. The third-order valence-corrected chi connectivity index (χ3v) is 2.42. The van der Waals surface area contributed by atoms with Crippen molar-refractivity contribution in [2.45, 2.75) is 13.8 Å². The number of benzene rings is 1. The summed E-state index contributed by atoms with van der Waals surface area (Å²) in [7, 11) is 0. The normalized spacial score (nSPS) is 12.4. The fourth-order valence-corrected chi connectivity index (χ4v) is 1.32. The zero-order valence-electron chi connectivity index (χ0n) is 10.8. The van der Waals surface area contributed by atoms with Crippen LogP contribution in [-0.4, -0.2) is 23.6 Å². The highest BCUT2D eigenvalue weighted by Gasteiger charge is 2.15. The predicted molar refractivity (Wildman–Crippen MR) is 72.7 cm³/mol. The molecule has 1 rings (SSSR count). The Morgan fingerprint density at radius 1 is 1.37 bits per heavy atom. The molecule has 0 heterocycles. The van der Waals surface area contributed by atoms with Crippen LogP contribution in [0, 0.1) is 6.92 Å². The minimum atomic E-state index is -0.753. The van der Waals surface area contributed by atoms with Crippen LogP contribution in [0.25, 0.3) is 0 Å². The van der Waals surface area contributed by atoms with Crippen LogP contribution in [0.1, 0.15) is 12.5 Å². The van der Waals surface area contributed by atoms with Gasteiger partial charge in [-0.2, -0.15) is 5.11 Å². The van der Waals surface area contributed by atoms with Gasteiger partial charge < -0.3 is 9.84 Å². The molecular formula is C13H15ClN2O3. The maximum absolute atomic E-state index is 11.6. The number of aliphatic hydroxyl groups excluding tert-OH is 1. The van der Waals surface area contributed by atoms with E-state index in [2.05, 4.69) is 10.2 Å². The van der Waals surface area contributed by atoms with Crippen LogP contribution in [0.15, 0.2) is 46.0 Å². The van der Waals surface area contributed by atoms with Gasteiger partial charge in [0.2, 0.25) is 5.70 Å². The molecule has 6 heteroatoms. The number of aryl methyl sites for hydroxylation is 1. The SMILES string of the molecule is CCOC(=O)/C(N=Nc1ccc(C)cc1)=C(\O)CCl. The Kier molecular flexibility index (Phi) is 6.02. The predicted octanol–water partition coefficient (Wildman–Crippen LogP) is 3.65. The Bertz CT molecular complexity index is 495. The second-order valence-corrected chi connectivity index (χ2v) is 3.95. The number of alkyl halides is 1. The average molecular weight is 283 g/mol. The molecule has 1 N–H and O–H groups in total. The molecule has 1 aromatic rings. The molecule has 0 radical (unpaired) electrons. The first-order chi connectivity index (χ1) is 9.08. The van der Waals surface area contributed by atoms with Crippen LogP contribution in [0.5, 0.6) is 0 Å². The van der Waals surface area contributed by atoms with Crippen molar-refractivity contribution in [1.29, 1.82) is 0 Å². The summed E-state index contributed by atoms with van der Waals surface area (Å²) in [4.78, 5) is 11.6. The molecule has 0 saturated heterocycles.